The Bertz CT molecular complexity index is 759. The monoisotopic (exact) mass is 328 g/mol. The first-order valence-corrected chi connectivity index (χ1v) is 8.51. The molecule has 2 heterocycles. The van der Waals surface area contributed by atoms with E-state index < -0.39 is 0 Å². The predicted octanol–water partition coefficient (Wildman–Crippen LogP) is 2.73. The van der Waals surface area contributed by atoms with Crippen LogP contribution in [0, 0.1) is 17.2 Å². The lowest BCUT2D eigenvalue weighted by atomic mass is 9.67. The Morgan fingerprint density at radius 2 is 2.25 bits per heavy atom. The minimum atomic E-state index is -0.343. The first-order chi connectivity index (χ1) is 11.7. The van der Waals surface area contributed by atoms with Crippen LogP contribution in [0.3, 0.4) is 0 Å². The van der Waals surface area contributed by atoms with Crippen molar-refractivity contribution in [3.63, 3.8) is 0 Å². The number of rotatable bonds is 3. The SMILES string of the molecule is O=C(Nc1cnn(-c2ccccc2F)c1)[C@@]12CCCC[C@H]1CNC2. The Hall–Kier alpha value is -2.21. The van der Waals surface area contributed by atoms with Gasteiger partial charge in [-0.3, -0.25) is 4.79 Å². The second kappa shape index (κ2) is 6.02. The van der Waals surface area contributed by atoms with Gasteiger partial charge in [0.15, 0.2) is 0 Å². The van der Waals surface area contributed by atoms with Crippen molar-refractivity contribution in [2.24, 2.45) is 11.3 Å². The maximum atomic E-state index is 13.9. The van der Waals surface area contributed by atoms with Crippen molar-refractivity contribution in [1.82, 2.24) is 15.1 Å². The van der Waals surface area contributed by atoms with Crippen LogP contribution in [0.5, 0.6) is 0 Å². The van der Waals surface area contributed by atoms with Gasteiger partial charge in [-0.1, -0.05) is 25.0 Å². The highest BCUT2D eigenvalue weighted by molar-refractivity contribution is 5.96. The van der Waals surface area contributed by atoms with Gasteiger partial charge < -0.3 is 10.6 Å². The van der Waals surface area contributed by atoms with Crippen LogP contribution >= 0.6 is 0 Å². The highest BCUT2D eigenvalue weighted by atomic mass is 19.1. The first kappa shape index (κ1) is 15.3. The standard InChI is InChI=1S/C18H21FN4O/c19-15-6-1-2-7-16(15)23-11-14(10-21-23)22-17(24)18-8-4-3-5-13(18)9-20-12-18/h1-2,6-7,10-11,13,20H,3-5,8-9,12H2,(H,22,24)/t13-,18+/m0/s1. The highest BCUT2D eigenvalue weighted by Crippen LogP contribution is 2.44. The second-order valence-electron chi connectivity index (χ2n) is 6.81. The van der Waals surface area contributed by atoms with Crippen LogP contribution in [-0.2, 0) is 4.79 Å². The minimum absolute atomic E-state index is 0.0604. The first-order valence-electron chi connectivity index (χ1n) is 8.51. The largest absolute Gasteiger partial charge is 0.323 e. The number of amides is 1. The summed E-state index contributed by atoms with van der Waals surface area (Å²) in [4.78, 5) is 12.9. The smallest absolute Gasteiger partial charge is 0.232 e. The van der Waals surface area contributed by atoms with Gasteiger partial charge in [-0.05, 0) is 37.4 Å². The van der Waals surface area contributed by atoms with Crippen molar-refractivity contribution in [2.45, 2.75) is 25.7 Å². The van der Waals surface area contributed by atoms with Crippen molar-refractivity contribution < 1.29 is 9.18 Å². The molecule has 0 bridgehead atoms. The molecule has 126 valence electrons. The number of nitrogens with one attached hydrogen (secondary N) is 2. The number of nitrogens with zero attached hydrogens (tertiary/aromatic N) is 2. The lowest BCUT2D eigenvalue weighted by Crippen LogP contribution is -2.44. The van der Waals surface area contributed by atoms with E-state index in [0.717, 1.165) is 32.4 Å². The molecule has 1 aromatic heterocycles. The third-order valence-corrected chi connectivity index (χ3v) is 5.43. The molecule has 2 aromatic rings. The van der Waals surface area contributed by atoms with E-state index in [1.54, 1.807) is 30.6 Å². The van der Waals surface area contributed by atoms with Crippen LogP contribution in [-0.4, -0.2) is 28.8 Å². The number of hydrogen-bond donors (Lipinski definition) is 2. The molecule has 2 fully saturated rings. The second-order valence-corrected chi connectivity index (χ2v) is 6.81. The summed E-state index contributed by atoms with van der Waals surface area (Å²) in [5, 5.41) is 10.6. The van der Waals surface area contributed by atoms with Gasteiger partial charge in [0.25, 0.3) is 0 Å². The number of anilines is 1. The van der Waals surface area contributed by atoms with E-state index in [-0.39, 0.29) is 17.1 Å². The Labute approximate surface area is 140 Å². The van der Waals surface area contributed by atoms with E-state index >= 15 is 0 Å². The molecule has 0 radical (unpaired) electrons. The zero-order valence-corrected chi connectivity index (χ0v) is 13.5. The zero-order chi connectivity index (χ0) is 16.6. The Kier molecular flexibility index (Phi) is 3.84. The normalized spacial score (nSPS) is 26.1. The molecule has 0 unspecified atom stereocenters. The molecule has 1 saturated heterocycles. The fourth-order valence-electron chi connectivity index (χ4n) is 4.10. The molecule has 24 heavy (non-hydrogen) atoms. The molecular weight excluding hydrogens is 307 g/mol. The lowest BCUT2D eigenvalue weighted by molar-refractivity contribution is -0.128. The predicted molar refractivity (Wildman–Crippen MR) is 89.4 cm³/mol. The topological polar surface area (TPSA) is 59.0 Å². The summed E-state index contributed by atoms with van der Waals surface area (Å²) in [6.45, 7) is 1.66. The van der Waals surface area contributed by atoms with Gasteiger partial charge in [0, 0.05) is 6.54 Å². The van der Waals surface area contributed by atoms with Crippen LogP contribution in [0.25, 0.3) is 5.69 Å². The molecule has 5 nitrogen and oxygen atoms in total. The van der Waals surface area contributed by atoms with Crippen molar-refractivity contribution in [2.75, 3.05) is 18.4 Å². The van der Waals surface area contributed by atoms with Gasteiger partial charge in [0.05, 0.1) is 23.5 Å². The van der Waals surface area contributed by atoms with Crippen molar-refractivity contribution in [1.29, 1.82) is 0 Å². The van der Waals surface area contributed by atoms with E-state index in [1.165, 1.54) is 17.2 Å². The maximum absolute atomic E-state index is 13.9. The van der Waals surface area contributed by atoms with Gasteiger partial charge in [-0.25, -0.2) is 9.07 Å². The summed E-state index contributed by atoms with van der Waals surface area (Å²) in [6.07, 6.45) is 7.56. The molecule has 2 atom stereocenters. The van der Waals surface area contributed by atoms with Crippen molar-refractivity contribution in [3.8, 4) is 5.69 Å². The number of halogens is 1. The number of benzene rings is 1. The molecule has 1 amide bonds. The number of aromatic nitrogens is 2. The molecule has 1 aliphatic heterocycles. The number of hydrogen-bond acceptors (Lipinski definition) is 3. The van der Waals surface area contributed by atoms with E-state index in [2.05, 4.69) is 15.7 Å². The fourth-order valence-corrected chi connectivity index (χ4v) is 4.10. The van der Waals surface area contributed by atoms with E-state index in [1.807, 2.05) is 0 Å². The van der Waals surface area contributed by atoms with Gasteiger partial charge in [0.1, 0.15) is 11.5 Å². The Morgan fingerprint density at radius 1 is 1.38 bits per heavy atom. The molecule has 1 saturated carbocycles. The number of fused-ring (bicyclic) bond motifs is 1. The van der Waals surface area contributed by atoms with Gasteiger partial charge >= 0.3 is 0 Å². The molecule has 0 spiro atoms. The van der Waals surface area contributed by atoms with Crippen molar-refractivity contribution in [3.05, 3.63) is 42.5 Å². The molecule has 1 aromatic carbocycles. The lowest BCUT2D eigenvalue weighted by Gasteiger charge is -2.36. The molecule has 6 heteroatoms. The third kappa shape index (κ3) is 2.51. The molecule has 1 aliphatic carbocycles. The average molecular weight is 328 g/mol. The maximum Gasteiger partial charge on any atom is 0.232 e. The van der Waals surface area contributed by atoms with Gasteiger partial charge in [-0.2, -0.15) is 5.10 Å². The summed E-state index contributed by atoms with van der Waals surface area (Å²) < 4.78 is 15.3. The summed E-state index contributed by atoms with van der Waals surface area (Å²) in [5.41, 5.74) is 0.668. The quantitative estimate of drug-likeness (QED) is 0.911. The summed E-state index contributed by atoms with van der Waals surface area (Å²) in [6, 6.07) is 6.45. The molecule has 2 aliphatic rings. The summed E-state index contributed by atoms with van der Waals surface area (Å²) in [7, 11) is 0. The van der Waals surface area contributed by atoms with Crippen LogP contribution in [0.1, 0.15) is 25.7 Å². The van der Waals surface area contributed by atoms with E-state index in [4.69, 9.17) is 0 Å². The number of para-hydroxylation sites is 1. The van der Waals surface area contributed by atoms with Crippen LogP contribution in [0.15, 0.2) is 36.7 Å². The van der Waals surface area contributed by atoms with E-state index in [9.17, 15) is 9.18 Å². The Morgan fingerprint density at radius 3 is 3.12 bits per heavy atom. The zero-order valence-electron chi connectivity index (χ0n) is 13.5. The van der Waals surface area contributed by atoms with Crippen LogP contribution in [0.4, 0.5) is 10.1 Å². The highest BCUT2D eigenvalue weighted by Gasteiger charge is 2.49. The minimum Gasteiger partial charge on any atom is -0.323 e. The molecule has 2 N–H and O–H groups in total. The van der Waals surface area contributed by atoms with Gasteiger partial charge in [0.2, 0.25) is 5.91 Å². The molecular formula is C18H21FN4O. The third-order valence-electron chi connectivity index (χ3n) is 5.43. The van der Waals surface area contributed by atoms with E-state index in [0.29, 0.717) is 17.3 Å². The fraction of sp³-hybridized carbons (Fsp3) is 0.444. The Balaban J connectivity index is 1.54. The van der Waals surface area contributed by atoms with Gasteiger partial charge in [-0.15, -0.1) is 0 Å². The number of carbonyl (C=O) groups is 1. The summed E-state index contributed by atoms with van der Waals surface area (Å²) in [5.74, 6) is 0.127. The summed E-state index contributed by atoms with van der Waals surface area (Å²) >= 11 is 0. The van der Waals surface area contributed by atoms with Crippen molar-refractivity contribution >= 4 is 11.6 Å². The molecule has 4 rings (SSSR count). The van der Waals surface area contributed by atoms with Crippen LogP contribution in [0.2, 0.25) is 0 Å². The average Bonchev–Trinajstić information content (AvgIpc) is 3.22. The number of carbonyl (C=O) groups excluding carboxylic acids is 1. The van der Waals surface area contributed by atoms with Crippen LogP contribution < -0.4 is 10.6 Å².